The standard InChI is InChI=1S/C9H12N2O3S/c1-11(7-2-3-7)15(13,14)9-6-10-5-4-8(9)12/h4-7H,2-3H2,1H3,(H,10,12). The van der Waals surface area contributed by atoms with E-state index >= 15 is 0 Å². The number of aromatic amines is 1. The summed E-state index contributed by atoms with van der Waals surface area (Å²) in [5.41, 5.74) is -0.471. The average molecular weight is 228 g/mol. The fourth-order valence-corrected chi connectivity index (χ4v) is 2.84. The van der Waals surface area contributed by atoms with E-state index in [-0.39, 0.29) is 10.9 Å². The van der Waals surface area contributed by atoms with Crippen molar-refractivity contribution in [2.75, 3.05) is 7.05 Å². The van der Waals surface area contributed by atoms with Gasteiger partial charge in [-0.25, -0.2) is 8.42 Å². The van der Waals surface area contributed by atoms with Crippen LogP contribution in [-0.4, -0.2) is 30.8 Å². The van der Waals surface area contributed by atoms with Crippen molar-refractivity contribution in [2.45, 2.75) is 23.8 Å². The van der Waals surface area contributed by atoms with Crippen LogP contribution in [0, 0.1) is 0 Å². The van der Waals surface area contributed by atoms with Crippen LogP contribution in [0.4, 0.5) is 0 Å². The minimum atomic E-state index is -3.62. The Morgan fingerprint density at radius 2 is 2.13 bits per heavy atom. The number of aromatic nitrogens is 1. The van der Waals surface area contributed by atoms with Crippen molar-refractivity contribution in [3.63, 3.8) is 0 Å². The summed E-state index contributed by atoms with van der Waals surface area (Å²) in [4.78, 5) is 13.8. The maximum absolute atomic E-state index is 11.9. The third-order valence-electron chi connectivity index (χ3n) is 2.51. The highest BCUT2D eigenvalue weighted by molar-refractivity contribution is 7.89. The number of hydrogen-bond donors (Lipinski definition) is 1. The quantitative estimate of drug-likeness (QED) is 0.801. The Morgan fingerprint density at radius 3 is 2.67 bits per heavy atom. The van der Waals surface area contributed by atoms with Crippen molar-refractivity contribution < 1.29 is 8.42 Å². The van der Waals surface area contributed by atoms with Gasteiger partial charge in [0.25, 0.3) is 0 Å². The summed E-state index contributed by atoms with van der Waals surface area (Å²) in [5, 5.41) is 0. The van der Waals surface area contributed by atoms with Crippen LogP contribution in [0.5, 0.6) is 0 Å². The van der Waals surface area contributed by atoms with Crippen LogP contribution >= 0.6 is 0 Å². The highest BCUT2D eigenvalue weighted by Crippen LogP contribution is 2.29. The molecule has 0 bridgehead atoms. The molecule has 1 aromatic heterocycles. The lowest BCUT2D eigenvalue weighted by atomic mass is 10.5. The van der Waals surface area contributed by atoms with Gasteiger partial charge in [-0.15, -0.1) is 0 Å². The van der Waals surface area contributed by atoms with Gasteiger partial charge in [0.05, 0.1) is 0 Å². The number of pyridine rings is 1. The Hall–Kier alpha value is -1.14. The summed E-state index contributed by atoms with van der Waals surface area (Å²) in [6.07, 6.45) is 4.40. The van der Waals surface area contributed by atoms with E-state index in [1.165, 1.54) is 29.8 Å². The second-order valence-electron chi connectivity index (χ2n) is 3.63. The van der Waals surface area contributed by atoms with Crippen molar-refractivity contribution in [3.8, 4) is 0 Å². The van der Waals surface area contributed by atoms with Gasteiger partial charge in [0.2, 0.25) is 15.5 Å². The second-order valence-corrected chi connectivity index (χ2v) is 5.59. The van der Waals surface area contributed by atoms with E-state index in [1.54, 1.807) is 0 Å². The number of rotatable bonds is 3. The third kappa shape index (κ3) is 1.82. The normalized spacial score (nSPS) is 16.9. The van der Waals surface area contributed by atoms with Crippen molar-refractivity contribution in [1.82, 2.24) is 9.29 Å². The first-order valence-corrected chi connectivity index (χ1v) is 6.12. The third-order valence-corrected chi connectivity index (χ3v) is 4.44. The minimum Gasteiger partial charge on any atom is -0.366 e. The molecule has 0 unspecified atom stereocenters. The molecule has 6 heteroatoms. The monoisotopic (exact) mass is 228 g/mol. The van der Waals surface area contributed by atoms with E-state index in [9.17, 15) is 13.2 Å². The Morgan fingerprint density at radius 1 is 1.47 bits per heavy atom. The summed E-state index contributed by atoms with van der Waals surface area (Å²) in [7, 11) is -2.10. The molecule has 5 nitrogen and oxygen atoms in total. The molecule has 0 atom stereocenters. The molecule has 0 radical (unpaired) electrons. The van der Waals surface area contributed by atoms with Gasteiger partial charge < -0.3 is 4.98 Å². The lowest BCUT2D eigenvalue weighted by Gasteiger charge is -2.15. The number of H-pyrrole nitrogens is 1. The number of hydrogen-bond acceptors (Lipinski definition) is 3. The molecule has 0 spiro atoms. The van der Waals surface area contributed by atoms with Gasteiger partial charge in [-0.1, -0.05) is 0 Å². The molecule has 0 aromatic carbocycles. The second kappa shape index (κ2) is 3.46. The van der Waals surface area contributed by atoms with Gasteiger partial charge in [0.1, 0.15) is 4.90 Å². The number of nitrogens with zero attached hydrogens (tertiary/aromatic N) is 1. The zero-order valence-electron chi connectivity index (χ0n) is 8.30. The van der Waals surface area contributed by atoms with E-state index in [2.05, 4.69) is 4.98 Å². The Kier molecular flexibility index (Phi) is 2.40. The van der Waals surface area contributed by atoms with E-state index in [4.69, 9.17) is 0 Å². The molecular formula is C9H12N2O3S. The topological polar surface area (TPSA) is 70.2 Å². The van der Waals surface area contributed by atoms with Crippen LogP contribution < -0.4 is 5.43 Å². The SMILES string of the molecule is CN(C1CC1)S(=O)(=O)c1c[nH]ccc1=O. The minimum absolute atomic E-state index is 0.0645. The predicted octanol–water partition coefficient (Wildman–Crippen LogP) is 0.158. The lowest BCUT2D eigenvalue weighted by Crippen LogP contribution is -2.32. The van der Waals surface area contributed by atoms with Crippen LogP contribution in [-0.2, 0) is 10.0 Å². The summed E-state index contributed by atoms with van der Waals surface area (Å²) in [6, 6.07) is 1.28. The molecule has 1 saturated carbocycles. The first-order valence-electron chi connectivity index (χ1n) is 4.68. The molecule has 0 amide bonds. The molecular weight excluding hydrogens is 216 g/mol. The predicted molar refractivity (Wildman–Crippen MR) is 55.0 cm³/mol. The largest absolute Gasteiger partial charge is 0.366 e. The zero-order chi connectivity index (χ0) is 11.1. The van der Waals surface area contributed by atoms with E-state index in [1.807, 2.05) is 0 Å². The van der Waals surface area contributed by atoms with Crippen LogP contribution in [0.3, 0.4) is 0 Å². The molecule has 15 heavy (non-hydrogen) atoms. The maximum atomic E-state index is 11.9. The molecule has 0 saturated heterocycles. The lowest BCUT2D eigenvalue weighted by molar-refractivity contribution is 0.463. The van der Waals surface area contributed by atoms with E-state index in [0.717, 1.165) is 12.8 Å². The number of sulfonamides is 1. The van der Waals surface area contributed by atoms with E-state index < -0.39 is 15.5 Å². The fourth-order valence-electron chi connectivity index (χ4n) is 1.39. The van der Waals surface area contributed by atoms with Crippen molar-refractivity contribution in [3.05, 3.63) is 28.7 Å². The fraction of sp³-hybridized carbons (Fsp3) is 0.444. The van der Waals surface area contributed by atoms with Gasteiger partial charge in [0, 0.05) is 31.5 Å². The first kappa shape index (κ1) is 10.4. The molecule has 2 rings (SSSR count). The molecule has 1 fully saturated rings. The maximum Gasteiger partial charge on any atom is 0.248 e. The first-order chi connectivity index (χ1) is 7.03. The van der Waals surface area contributed by atoms with Crippen molar-refractivity contribution >= 4 is 10.0 Å². The van der Waals surface area contributed by atoms with E-state index in [0.29, 0.717) is 0 Å². The zero-order valence-corrected chi connectivity index (χ0v) is 9.12. The Balaban J connectivity index is 2.45. The molecule has 1 N–H and O–H groups in total. The molecule has 0 aliphatic heterocycles. The van der Waals surface area contributed by atoms with Crippen molar-refractivity contribution in [1.29, 1.82) is 0 Å². The molecule has 1 heterocycles. The molecule has 1 aliphatic rings. The summed E-state index contributed by atoms with van der Waals surface area (Å²) in [5.74, 6) is 0. The van der Waals surface area contributed by atoms with Gasteiger partial charge in [-0.05, 0) is 12.8 Å². The Bertz CT molecular complexity index is 516. The van der Waals surface area contributed by atoms with Gasteiger partial charge >= 0.3 is 0 Å². The summed E-state index contributed by atoms with van der Waals surface area (Å²) >= 11 is 0. The van der Waals surface area contributed by atoms with Crippen LogP contribution in [0.2, 0.25) is 0 Å². The summed E-state index contributed by atoms with van der Waals surface area (Å²) < 4.78 is 25.2. The van der Waals surface area contributed by atoms with Gasteiger partial charge in [-0.2, -0.15) is 4.31 Å². The molecule has 82 valence electrons. The van der Waals surface area contributed by atoms with Crippen molar-refractivity contribution in [2.24, 2.45) is 0 Å². The summed E-state index contributed by atoms with van der Waals surface area (Å²) in [6.45, 7) is 0. The smallest absolute Gasteiger partial charge is 0.248 e. The molecule has 1 aliphatic carbocycles. The Labute approximate surface area is 87.8 Å². The van der Waals surface area contributed by atoms with Crippen LogP contribution in [0.25, 0.3) is 0 Å². The average Bonchev–Trinajstić information content (AvgIpc) is 3.00. The number of nitrogens with one attached hydrogen (secondary N) is 1. The highest BCUT2D eigenvalue weighted by Gasteiger charge is 2.35. The van der Waals surface area contributed by atoms with Gasteiger partial charge in [-0.3, -0.25) is 4.79 Å². The molecule has 1 aromatic rings. The highest BCUT2D eigenvalue weighted by atomic mass is 32.2. The van der Waals surface area contributed by atoms with Gasteiger partial charge in [0.15, 0.2) is 0 Å². The van der Waals surface area contributed by atoms with Crippen LogP contribution in [0.15, 0.2) is 28.2 Å². The van der Waals surface area contributed by atoms with Crippen LogP contribution in [0.1, 0.15) is 12.8 Å².